The van der Waals surface area contributed by atoms with Crippen molar-refractivity contribution in [1.29, 1.82) is 0 Å². The molecule has 1 aromatic rings. The third-order valence-electron chi connectivity index (χ3n) is 5.50. The summed E-state index contributed by atoms with van der Waals surface area (Å²) >= 11 is 0. The smallest absolute Gasteiger partial charge is 0.250 e. The summed E-state index contributed by atoms with van der Waals surface area (Å²) in [6.45, 7) is 5.88. The van der Waals surface area contributed by atoms with Gasteiger partial charge in [0, 0.05) is 37.6 Å². The number of carbonyl (C=O) groups excluding carboxylic acids is 2. The van der Waals surface area contributed by atoms with Crippen LogP contribution in [0.4, 0.5) is 5.69 Å². The van der Waals surface area contributed by atoms with Gasteiger partial charge in [-0.05, 0) is 43.2 Å². The zero-order valence-electron chi connectivity index (χ0n) is 16.8. The largest absolute Gasteiger partial charge is 0.381 e. The van der Waals surface area contributed by atoms with Crippen molar-refractivity contribution in [2.45, 2.75) is 51.1 Å². The number of nitrogens with zero attached hydrogens (tertiary/aromatic N) is 1. The van der Waals surface area contributed by atoms with Crippen molar-refractivity contribution in [3.8, 4) is 0 Å². The van der Waals surface area contributed by atoms with Gasteiger partial charge in [0.25, 0.3) is 5.91 Å². The third-order valence-corrected chi connectivity index (χ3v) is 5.50. The first-order valence-corrected chi connectivity index (χ1v) is 10.1. The molecule has 0 spiro atoms. The summed E-state index contributed by atoms with van der Waals surface area (Å²) in [5.74, 6) is 0.160. The van der Waals surface area contributed by atoms with Crippen molar-refractivity contribution in [3.63, 3.8) is 0 Å². The summed E-state index contributed by atoms with van der Waals surface area (Å²) in [7, 11) is 0. The van der Waals surface area contributed by atoms with E-state index in [9.17, 15) is 9.59 Å². The van der Waals surface area contributed by atoms with Gasteiger partial charge in [-0.25, -0.2) is 0 Å². The third kappa shape index (κ3) is 4.80. The molecule has 0 unspecified atom stereocenters. The van der Waals surface area contributed by atoms with Crippen molar-refractivity contribution >= 4 is 17.5 Å². The molecular formula is C22H31N3O3. The Morgan fingerprint density at radius 3 is 2.71 bits per heavy atom. The molecule has 2 aliphatic rings. The highest BCUT2D eigenvalue weighted by atomic mass is 16.5. The lowest BCUT2D eigenvalue weighted by molar-refractivity contribution is -0.130. The van der Waals surface area contributed by atoms with Crippen LogP contribution in [0.5, 0.6) is 0 Å². The van der Waals surface area contributed by atoms with Gasteiger partial charge in [-0.15, -0.1) is 0 Å². The Bertz CT molecular complexity index is 738. The number of rotatable bonds is 6. The summed E-state index contributed by atoms with van der Waals surface area (Å²) < 4.78 is 5.33. The van der Waals surface area contributed by atoms with E-state index in [1.165, 1.54) is 5.56 Å². The minimum Gasteiger partial charge on any atom is -0.381 e. The van der Waals surface area contributed by atoms with Crippen molar-refractivity contribution in [3.05, 3.63) is 42.0 Å². The molecule has 2 amide bonds. The number of anilines is 1. The number of fused-ring (bicyclic) bond motifs is 1. The maximum absolute atomic E-state index is 12.8. The van der Waals surface area contributed by atoms with Gasteiger partial charge in [-0.2, -0.15) is 0 Å². The molecular weight excluding hydrogens is 354 g/mol. The Hall–Kier alpha value is -2.18. The second kappa shape index (κ2) is 8.88. The van der Waals surface area contributed by atoms with Crippen LogP contribution in [0.25, 0.3) is 0 Å². The van der Waals surface area contributed by atoms with E-state index in [-0.39, 0.29) is 17.9 Å². The number of nitrogens with two attached hydrogens (primary N) is 1. The van der Waals surface area contributed by atoms with Gasteiger partial charge in [0.05, 0.1) is 5.54 Å². The van der Waals surface area contributed by atoms with Gasteiger partial charge in [0.1, 0.15) is 0 Å². The minimum absolute atomic E-state index is 0.0542. The molecule has 0 aromatic heterocycles. The fourth-order valence-corrected chi connectivity index (χ4v) is 3.82. The highest BCUT2D eigenvalue weighted by Crippen LogP contribution is 2.27. The number of carbonyl (C=O) groups is 2. The summed E-state index contributed by atoms with van der Waals surface area (Å²) in [6, 6.07) is 7.76. The number of para-hydroxylation sites is 1. The molecule has 1 saturated heterocycles. The molecule has 2 aliphatic heterocycles. The van der Waals surface area contributed by atoms with Gasteiger partial charge >= 0.3 is 0 Å². The standard InChI is InChI=1S/C22H31N3O3/c1-16(2)15-18(24-21(27)22(23)10-13-28-14-11-22)7-8-20(26)25-12-9-17-5-3-4-6-19(17)25/h3-8,16,18H,9-15,23H2,1-2H3,(H,24,27)/t18-/m1/s1. The molecule has 1 atom stereocenters. The molecule has 6 heteroatoms. The Kier molecular flexibility index (Phi) is 6.52. The van der Waals surface area contributed by atoms with Gasteiger partial charge in [-0.3, -0.25) is 9.59 Å². The van der Waals surface area contributed by atoms with E-state index in [1.54, 1.807) is 11.0 Å². The Labute approximate surface area is 167 Å². The van der Waals surface area contributed by atoms with E-state index in [0.29, 0.717) is 38.5 Å². The molecule has 0 bridgehead atoms. The van der Waals surface area contributed by atoms with Crippen LogP contribution >= 0.6 is 0 Å². The summed E-state index contributed by atoms with van der Waals surface area (Å²) in [4.78, 5) is 27.3. The number of amides is 2. The van der Waals surface area contributed by atoms with Gasteiger partial charge in [0.15, 0.2) is 0 Å². The van der Waals surface area contributed by atoms with Crippen molar-refractivity contribution in [2.24, 2.45) is 11.7 Å². The Morgan fingerprint density at radius 1 is 1.29 bits per heavy atom. The van der Waals surface area contributed by atoms with Crippen molar-refractivity contribution < 1.29 is 14.3 Å². The first kappa shape index (κ1) is 20.6. The summed E-state index contributed by atoms with van der Waals surface area (Å²) in [6.07, 6.45) is 6.05. The summed E-state index contributed by atoms with van der Waals surface area (Å²) in [5, 5.41) is 3.05. The Balaban J connectivity index is 1.66. The molecule has 1 aromatic carbocycles. The van der Waals surface area contributed by atoms with Crippen LogP contribution in [0, 0.1) is 5.92 Å². The molecule has 3 N–H and O–H groups in total. The van der Waals surface area contributed by atoms with E-state index in [2.05, 4.69) is 25.2 Å². The zero-order chi connectivity index (χ0) is 20.1. The highest BCUT2D eigenvalue weighted by molar-refractivity contribution is 6.03. The monoisotopic (exact) mass is 385 g/mol. The van der Waals surface area contributed by atoms with Gasteiger partial charge in [-0.1, -0.05) is 38.1 Å². The van der Waals surface area contributed by atoms with Crippen LogP contribution < -0.4 is 16.0 Å². The number of ether oxygens (including phenoxy) is 1. The molecule has 0 saturated carbocycles. The van der Waals surface area contributed by atoms with E-state index in [1.807, 2.05) is 24.3 Å². The molecule has 3 rings (SSSR count). The van der Waals surface area contributed by atoms with Gasteiger partial charge in [0.2, 0.25) is 5.91 Å². The summed E-state index contributed by atoms with van der Waals surface area (Å²) in [5.41, 5.74) is 7.58. The average molecular weight is 386 g/mol. The molecule has 152 valence electrons. The van der Waals surface area contributed by atoms with Gasteiger partial charge < -0.3 is 20.7 Å². The van der Waals surface area contributed by atoms with E-state index >= 15 is 0 Å². The topological polar surface area (TPSA) is 84.7 Å². The second-order valence-electron chi connectivity index (χ2n) is 8.21. The zero-order valence-corrected chi connectivity index (χ0v) is 16.8. The maximum Gasteiger partial charge on any atom is 0.250 e. The van der Waals surface area contributed by atoms with Crippen LogP contribution in [0.2, 0.25) is 0 Å². The number of nitrogens with one attached hydrogen (secondary N) is 1. The average Bonchev–Trinajstić information content (AvgIpc) is 3.10. The Morgan fingerprint density at radius 2 is 2.00 bits per heavy atom. The first-order valence-electron chi connectivity index (χ1n) is 10.1. The van der Waals surface area contributed by atoms with E-state index < -0.39 is 5.54 Å². The van der Waals surface area contributed by atoms with Crippen LogP contribution in [-0.2, 0) is 20.7 Å². The fourth-order valence-electron chi connectivity index (χ4n) is 3.82. The molecule has 6 nitrogen and oxygen atoms in total. The minimum atomic E-state index is -0.890. The lowest BCUT2D eigenvalue weighted by atomic mass is 9.89. The molecule has 28 heavy (non-hydrogen) atoms. The number of hydrogen-bond acceptors (Lipinski definition) is 4. The van der Waals surface area contributed by atoms with E-state index in [0.717, 1.165) is 18.5 Å². The van der Waals surface area contributed by atoms with Crippen LogP contribution in [0.3, 0.4) is 0 Å². The lowest BCUT2D eigenvalue weighted by Crippen LogP contribution is -2.58. The van der Waals surface area contributed by atoms with Crippen molar-refractivity contribution in [2.75, 3.05) is 24.7 Å². The molecule has 2 heterocycles. The van der Waals surface area contributed by atoms with Crippen molar-refractivity contribution in [1.82, 2.24) is 5.32 Å². The van der Waals surface area contributed by atoms with Crippen LogP contribution in [0.15, 0.2) is 36.4 Å². The SMILES string of the molecule is CC(C)C[C@@H](C=CC(=O)N1CCc2ccccc21)NC(=O)C1(N)CCOCC1. The quantitative estimate of drug-likeness (QED) is 0.735. The normalized spacial score (nSPS) is 19.6. The van der Waals surface area contributed by atoms with E-state index in [4.69, 9.17) is 10.5 Å². The van der Waals surface area contributed by atoms with Crippen LogP contribution in [-0.4, -0.2) is 43.2 Å². The predicted molar refractivity (Wildman–Crippen MR) is 110 cm³/mol. The van der Waals surface area contributed by atoms with Crippen LogP contribution in [0.1, 0.15) is 38.7 Å². The predicted octanol–water partition coefficient (Wildman–Crippen LogP) is 2.17. The fraction of sp³-hybridized carbons (Fsp3) is 0.545. The molecule has 0 radical (unpaired) electrons. The number of hydrogen-bond donors (Lipinski definition) is 2. The molecule has 0 aliphatic carbocycles. The lowest BCUT2D eigenvalue weighted by Gasteiger charge is -2.33. The second-order valence-corrected chi connectivity index (χ2v) is 8.21. The highest BCUT2D eigenvalue weighted by Gasteiger charge is 2.36. The maximum atomic E-state index is 12.8. The molecule has 1 fully saturated rings. The first-order chi connectivity index (χ1) is 13.4. The number of benzene rings is 1.